The number of rotatable bonds is 6. The normalized spacial score (nSPS) is 12.4. The SMILES string of the molecule is CCCn1cncc1C(CO)Nc1cc(C)cc(F)c1. The van der Waals surface area contributed by atoms with Gasteiger partial charge in [0, 0.05) is 12.2 Å². The van der Waals surface area contributed by atoms with Crippen LogP contribution in [0.5, 0.6) is 0 Å². The van der Waals surface area contributed by atoms with E-state index in [0.717, 1.165) is 24.2 Å². The predicted octanol–water partition coefficient (Wildman–Crippen LogP) is 2.89. The van der Waals surface area contributed by atoms with Crippen LogP contribution >= 0.6 is 0 Å². The number of nitrogens with one attached hydrogen (secondary N) is 1. The monoisotopic (exact) mass is 277 g/mol. The van der Waals surface area contributed by atoms with E-state index in [0.29, 0.717) is 5.69 Å². The van der Waals surface area contributed by atoms with Gasteiger partial charge in [-0.3, -0.25) is 0 Å². The molecule has 0 spiro atoms. The molecule has 0 radical (unpaired) electrons. The molecule has 2 aromatic rings. The molecule has 4 nitrogen and oxygen atoms in total. The lowest BCUT2D eigenvalue weighted by molar-refractivity contribution is 0.271. The molecule has 2 rings (SSSR count). The lowest BCUT2D eigenvalue weighted by Crippen LogP contribution is -2.19. The number of aliphatic hydroxyl groups excluding tert-OH is 1. The van der Waals surface area contributed by atoms with E-state index in [1.54, 1.807) is 12.5 Å². The summed E-state index contributed by atoms with van der Waals surface area (Å²) >= 11 is 0. The van der Waals surface area contributed by atoms with Crippen molar-refractivity contribution in [2.75, 3.05) is 11.9 Å². The van der Waals surface area contributed by atoms with Crippen molar-refractivity contribution in [2.24, 2.45) is 0 Å². The highest BCUT2D eigenvalue weighted by molar-refractivity contribution is 5.47. The van der Waals surface area contributed by atoms with Crippen molar-refractivity contribution in [2.45, 2.75) is 32.9 Å². The van der Waals surface area contributed by atoms with Gasteiger partial charge in [-0.25, -0.2) is 9.37 Å². The van der Waals surface area contributed by atoms with E-state index in [9.17, 15) is 9.50 Å². The van der Waals surface area contributed by atoms with Crippen LogP contribution in [0.1, 0.15) is 30.6 Å². The summed E-state index contributed by atoms with van der Waals surface area (Å²) in [6.07, 6.45) is 4.47. The van der Waals surface area contributed by atoms with Gasteiger partial charge in [0.15, 0.2) is 0 Å². The second-order valence-corrected chi connectivity index (χ2v) is 4.91. The summed E-state index contributed by atoms with van der Waals surface area (Å²) in [4.78, 5) is 4.12. The molecule has 1 aromatic carbocycles. The summed E-state index contributed by atoms with van der Waals surface area (Å²) in [6, 6.07) is 4.45. The summed E-state index contributed by atoms with van der Waals surface area (Å²) in [6.45, 7) is 4.69. The van der Waals surface area contributed by atoms with Crippen LogP contribution in [0, 0.1) is 12.7 Å². The first-order valence-corrected chi connectivity index (χ1v) is 6.78. The molecule has 0 amide bonds. The van der Waals surface area contributed by atoms with Crippen LogP contribution in [0.3, 0.4) is 0 Å². The highest BCUT2D eigenvalue weighted by atomic mass is 19.1. The zero-order valence-electron chi connectivity index (χ0n) is 11.8. The maximum atomic E-state index is 13.4. The van der Waals surface area contributed by atoms with E-state index in [1.807, 2.05) is 17.6 Å². The number of anilines is 1. The summed E-state index contributed by atoms with van der Waals surface area (Å²) < 4.78 is 15.4. The Balaban J connectivity index is 2.21. The Labute approximate surface area is 118 Å². The van der Waals surface area contributed by atoms with E-state index >= 15 is 0 Å². The molecule has 5 heteroatoms. The fraction of sp³-hybridized carbons (Fsp3) is 0.400. The van der Waals surface area contributed by atoms with Crippen molar-refractivity contribution in [1.82, 2.24) is 9.55 Å². The number of hydrogen-bond donors (Lipinski definition) is 2. The minimum atomic E-state index is -0.301. The zero-order valence-corrected chi connectivity index (χ0v) is 11.8. The number of halogens is 1. The van der Waals surface area contributed by atoms with Crippen molar-refractivity contribution >= 4 is 5.69 Å². The first-order chi connectivity index (χ1) is 9.63. The molecule has 1 heterocycles. The smallest absolute Gasteiger partial charge is 0.125 e. The van der Waals surface area contributed by atoms with Gasteiger partial charge in [0.2, 0.25) is 0 Å². The highest BCUT2D eigenvalue weighted by Crippen LogP contribution is 2.21. The third kappa shape index (κ3) is 3.36. The van der Waals surface area contributed by atoms with Crippen LogP contribution in [-0.2, 0) is 6.54 Å². The quantitative estimate of drug-likeness (QED) is 0.853. The van der Waals surface area contributed by atoms with Crippen LogP contribution in [0.2, 0.25) is 0 Å². The second kappa shape index (κ2) is 6.52. The molecule has 0 aliphatic carbocycles. The number of aromatic nitrogens is 2. The first-order valence-electron chi connectivity index (χ1n) is 6.78. The third-order valence-electron chi connectivity index (χ3n) is 3.13. The molecule has 1 aromatic heterocycles. The van der Waals surface area contributed by atoms with E-state index in [1.165, 1.54) is 12.1 Å². The number of imidazole rings is 1. The lowest BCUT2D eigenvalue weighted by Gasteiger charge is -2.19. The van der Waals surface area contributed by atoms with Crippen LogP contribution in [0.25, 0.3) is 0 Å². The molecule has 0 bridgehead atoms. The molecule has 1 atom stereocenters. The number of aryl methyl sites for hydroxylation is 2. The molecule has 0 fully saturated rings. The van der Waals surface area contributed by atoms with Crippen LogP contribution < -0.4 is 5.32 Å². The minimum Gasteiger partial charge on any atom is -0.394 e. The van der Waals surface area contributed by atoms with Gasteiger partial charge in [0.05, 0.1) is 30.9 Å². The van der Waals surface area contributed by atoms with Crippen LogP contribution in [0.4, 0.5) is 10.1 Å². The number of nitrogens with zero attached hydrogens (tertiary/aromatic N) is 2. The number of aliphatic hydroxyl groups is 1. The van der Waals surface area contributed by atoms with Gasteiger partial charge in [-0.1, -0.05) is 6.92 Å². The maximum absolute atomic E-state index is 13.4. The molecule has 20 heavy (non-hydrogen) atoms. The average Bonchev–Trinajstić information content (AvgIpc) is 2.83. The molecule has 2 N–H and O–H groups in total. The van der Waals surface area contributed by atoms with Gasteiger partial charge in [0.1, 0.15) is 5.82 Å². The summed E-state index contributed by atoms with van der Waals surface area (Å²) in [5.41, 5.74) is 2.40. The molecule has 0 aliphatic heterocycles. The standard InChI is InChI=1S/C15H20FN3O/c1-3-4-19-10-17-8-15(19)14(9-20)18-13-6-11(2)5-12(16)7-13/h5-8,10,14,18,20H,3-4,9H2,1-2H3. The predicted molar refractivity (Wildman–Crippen MR) is 77.1 cm³/mol. The third-order valence-corrected chi connectivity index (χ3v) is 3.13. The van der Waals surface area contributed by atoms with Gasteiger partial charge < -0.3 is 15.0 Å². The van der Waals surface area contributed by atoms with E-state index in [-0.39, 0.29) is 18.5 Å². The van der Waals surface area contributed by atoms with Gasteiger partial charge in [-0.2, -0.15) is 0 Å². The van der Waals surface area contributed by atoms with Crippen molar-refractivity contribution in [3.63, 3.8) is 0 Å². The molecule has 0 aliphatic rings. The Hall–Kier alpha value is -1.88. The van der Waals surface area contributed by atoms with Gasteiger partial charge in [-0.05, 0) is 37.1 Å². The fourth-order valence-electron chi connectivity index (χ4n) is 2.28. The fourth-order valence-corrected chi connectivity index (χ4v) is 2.28. The number of hydrogen-bond acceptors (Lipinski definition) is 3. The van der Waals surface area contributed by atoms with Crippen LogP contribution in [-0.4, -0.2) is 21.3 Å². The Morgan fingerprint density at radius 2 is 2.20 bits per heavy atom. The second-order valence-electron chi connectivity index (χ2n) is 4.91. The molecule has 1 unspecified atom stereocenters. The molecule has 0 saturated heterocycles. The molecule has 0 saturated carbocycles. The Morgan fingerprint density at radius 3 is 2.85 bits per heavy atom. The first kappa shape index (κ1) is 14.5. The van der Waals surface area contributed by atoms with Crippen molar-refractivity contribution in [1.29, 1.82) is 0 Å². The van der Waals surface area contributed by atoms with Crippen LogP contribution in [0.15, 0.2) is 30.7 Å². The van der Waals surface area contributed by atoms with Crippen molar-refractivity contribution in [3.05, 3.63) is 47.8 Å². The summed E-state index contributed by atoms with van der Waals surface area (Å²) in [5.74, 6) is -0.286. The Bertz CT molecular complexity index is 548. The van der Waals surface area contributed by atoms with E-state index in [2.05, 4.69) is 17.2 Å². The largest absolute Gasteiger partial charge is 0.394 e. The number of benzene rings is 1. The molecule has 108 valence electrons. The average molecular weight is 277 g/mol. The molecular weight excluding hydrogens is 257 g/mol. The van der Waals surface area contributed by atoms with Crippen molar-refractivity contribution < 1.29 is 9.50 Å². The minimum absolute atomic E-state index is 0.0784. The molecular formula is C15H20FN3O. The maximum Gasteiger partial charge on any atom is 0.125 e. The topological polar surface area (TPSA) is 50.1 Å². The highest BCUT2D eigenvalue weighted by Gasteiger charge is 2.15. The summed E-state index contributed by atoms with van der Waals surface area (Å²) in [7, 11) is 0. The lowest BCUT2D eigenvalue weighted by atomic mass is 10.1. The van der Waals surface area contributed by atoms with Gasteiger partial charge in [-0.15, -0.1) is 0 Å². The van der Waals surface area contributed by atoms with E-state index < -0.39 is 0 Å². The Kier molecular flexibility index (Phi) is 4.74. The van der Waals surface area contributed by atoms with Crippen molar-refractivity contribution in [3.8, 4) is 0 Å². The zero-order chi connectivity index (χ0) is 14.5. The van der Waals surface area contributed by atoms with Gasteiger partial charge >= 0.3 is 0 Å². The van der Waals surface area contributed by atoms with E-state index in [4.69, 9.17) is 0 Å². The Morgan fingerprint density at radius 1 is 1.40 bits per heavy atom. The summed E-state index contributed by atoms with van der Waals surface area (Å²) in [5, 5.41) is 12.8. The van der Waals surface area contributed by atoms with Gasteiger partial charge in [0.25, 0.3) is 0 Å².